The van der Waals surface area contributed by atoms with Crippen LogP contribution in [0.3, 0.4) is 0 Å². The Bertz CT molecular complexity index is 315. The van der Waals surface area contributed by atoms with Gasteiger partial charge in [0.1, 0.15) is 0 Å². The fourth-order valence-electron chi connectivity index (χ4n) is 1.35. The molecule has 0 radical (unpaired) electrons. The maximum absolute atomic E-state index is 6.03. The van der Waals surface area contributed by atoms with Crippen LogP contribution >= 0.6 is 34.5 Å². The van der Waals surface area contributed by atoms with Crippen LogP contribution in [0.15, 0.2) is 6.07 Å². The molecule has 0 aliphatic heterocycles. The first-order chi connectivity index (χ1) is 7.63. The molecule has 2 nitrogen and oxygen atoms in total. The summed E-state index contributed by atoms with van der Waals surface area (Å²) < 4.78 is 1.53. The van der Waals surface area contributed by atoms with Crippen molar-refractivity contribution in [3.63, 3.8) is 0 Å². The monoisotopic (exact) mass is 280 g/mol. The molecule has 1 aromatic rings. The summed E-state index contributed by atoms with van der Waals surface area (Å²) in [4.78, 5) is 0. The molecule has 0 saturated carbocycles. The Balaban J connectivity index is 2.26. The van der Waals surface area contributed by atoms with E-state index in [1.165, 1.54) is 17.8 Å². The number of hydrogen-bond acceptors (Lipinski definition) is 3. The van der Waals surface area contributed by atoms with E-state index in [2.05, 4.69) is 24.5 Å². The van der Waals surface area contributed by atoms with E-state index in [4.69, 9.17) is 23.2 Å². The second kappa shape index (κ2) is 7.51. The van der Waals surface area contributed by atoms with Crippen LogP contribution in [0, 0.1) is 0 Å². The molecule has 0 amide bonds. The molecule has 0 fully saturated rings. The van der Waals surface area contributed by atoms with Crippen molar-refractivity contribution in [2.45, 2.75) is 32.9 Å². The fourth-order valence-corrected chi connectivity index (χ4v) is 2.83. The van der Waals surface area contributed by atoms with Gasteiger partial charge in [-0.1, -0.05) is 30.1 Å². The Morgan fingerprint density at radius 3 is 2.75 bits per heavy atom. The third-order valence-electron chi connectivity index (χ3n) is 2.25. The molecular weight excluding hydrogens is 263 g/mol. The highest BCUT2D eigenvalue weighted by atomic mass is 35.5. The molecule has 0 aliphatic rings. The molecule has 0 aliphatic carbocycles. The second-order valence-corrected chi connectivity index (χ2v) is 6.12. The summed E-state index contributed by atoms with van der Waals surface area (Å²) in [5.41, 5.74) is 1.08. The van der Waals surface area contributed by atoms with Crippen molar-refractivity contribution >= 4 is 34.5 Å². The predicted octanol–water partition coefficient (Wildman–Crippen LogP) is 3.53. The Morgan fingerprint density at radius 2 is 2.19 bits per heavy atom. The van der Waals surface area contributed by atoms with Crippen LogP contribution in [0.2, 0.25) is 8.67 Å². The van der Waals surface area contributed by atoms with Gasteiger partial charge >= 0.3 is 0 Å². The van der Waals surface area contributed by atoms with E-state index in [-0.39, 0.29) is 0 Å². The lowest BCUT2D eigenvalue weighted by molar-refractivity contribution is 0.501. The number of nitrogens with one attached hydrogen (secondary N) is 2. The Morgan fingerprint density at radius 1 is 1.44 bits per heavy atom. The zero-order chi connectivity index (χ0) is 12.0. The first-order valence-electron chi connectivity index (χ1n) is 5.51. The molecule has 1 unspecified atom stereocenters. The Hall–Kier alpha value is 0.200. The molecule has 1 aromatic heterocycles. The Kier molecular flexibility index (Phi) is 6.70. The van der Waals surface area contributed by atoms with Crippen molar-refractivity contribution in [3.8, 4) is 0 Å². The SMILES string of the molecule is CCCNCC(C)NCc1cc(Cl)sc1Cl. The standard InChI is InChI=1S/C11H18Cl2N2S/c1-3-4-14-6-8(2)15-7-9-5-10(12)16-11(9)13/h5,8,14-15H,3-4,6-7H2,1-2H3. The third-order valence-corrected chi connectivity index (χ3v) is 3.81. The summed E-state index contributed by atoms with van der Waals surface area (Å²) in [5.74, 6) is 0. The predicted molar refractivity (Wildman–Crippen MR) is 73.8 cm³/mol. The molecule has 0 aromatic carbocycles. The van der Waals surface area contributed by atoms with Gasteiger partial charge < -0.3 is 10.6 Å². The zero-order valence-electron chi connectivity index (χ0n) is 9.65. The van der Waals surface area contributed by atoms with Gasteiger partial charge in [0.25, 0.3) is 0 Å². The normalized spacial score (nSPS) is 13.0. The van der Waals surface area contributed by atoms with Crippen molar-refractivity contribution in [2.75, 3.05) is 13.1 Å². The van der Waals surface area contributed by atoms with E-state index >= 15 is 0 Å². The topological polar surface area (TPSA) is 24.1 Å². The molecule has 1 atom stereocenters. The third kappa shape index (κ3) is 5.02. The molecule has 1 rings (SSSR count). The first kappa shape index (κ1) is 14.3. The van der Waals surface area contributed by atoms with Gasteiger partial charge in [-0.15, -0.1) is 11.3 Å². The van der Waals surface area contributed by atoms with Gasteiger partial charge in [-0.3, -0.25) is 0 Å². The van der Waals surface area contributed by atoms with Crippen molar-refractivity contribution < 1.29 is 0 Å². The maximum atomic E-state index is 6.03. The van der Waals surface area contributed by atoms with Gasteiger partial charge in [-0.2, -0.15) is 0 Å². The van der Waals surface area contributed by atoms with Gasteiger partial charge in [-0.25, -0.2) is 0 Å². The lowest BCUT2D eigenvalue weighted by Crippen LogP contribution is -2.36. The highest BCUT2D eigenvalue weighted by Crippen LogP contribution is 2.30. The highest BCUT2D eigenvalue weighted by Gasteiger charge is 2.07. The Labute approximate surface area is 111 Å². The van der Waals surface area contributed by atoms with Crippen LogP contribution < -0.4 is 10.6 Å². The highest BCUT2D eigenvalue weighted by molar-refractivity contribution is 7.20. The minimum absolute atomic E-state index is 0.432. The minimum Gasteiger partial charge on any atom is -0.315 e. The average Bonchev–Trinajstić information content (AvgIpc) is 2.55. The van der Waals surface area contributed by atoms with E-state index < -0.39 is 0 Å². The molecule has 0 spiro atoms. The summed E-state index contributed by atoms with van der Waals surface area (Å²) in [6, 6.07) is 2.36. The van der Waals surface area contributed by atoms with Crippen LogP contribution in [0.5, 0.6) is 0 Å². The second-order valence-electron chi connectivity index (χ2n) is 3.84. The number of halogens is 2. The van der Waals surface area contributed by atoms with E-state index in [0.717, 1.165) is 33.9 Å². The molecule has 16 heavy (non-hydrogen) atoms. The molecule has 1 heterocycles. The maximum Gasteiger partial charge on any atom is 0.0989 e. The lowest BCUT2D eigenvalue weighted by Gasteiger charge is -2.14. The summed E-state index contributed by atoms with van der Waals surface area (Å²) >= 11 is 13.3. The van der Waals surface area contributed by atoms with Gasteiger partial charge in [-0.05, 0) is 31.5 Å². The molecule has 92 valence electrons. The quantitative estimate of drug-likeness (QED) is 0.747. The number of rotatable bonds is 7. The van der Waals surface area contributed by atoms with E-state index in [1.807, 2.05) is 6.07 Å². The lowest BCUT2D eigenvalue weighted by atomic mass is 10.3. The molecule has 2 N–H and O–H groups in total. The van der Waals surface area contributed by atoms with Gasteiger partial charge in [0.05, 0.1) is 8.67 Å². The van der Waals surface area contributed by atoms with Gasteiger partial charge in [0.2, 0.25) is 0 Å². The molecule has 5 heteroatoms. The first-order valence-corrected chi connectivity index (χ1v) is 7.08. The van der Waals surface area contributed by atoms with Crippen molar-refractivity contribution in [1.29, 1.82) is 0 Å². The fraction of sp³-hybridized carbons (Fsp3) is 0.636. The largest absolute Gasteiger partial charge is 0.315 e. The minimum atomic E-state index is 0.432. The van der Waals surface area contributed by atoms with Crippen LogP contribution in [-0.2, 0) is 6.54 Å². The van der Waals surface area contributed by atoms with E-state index in [9.17, 15) is 0 Å². The number of hydrogen-bond donors (Lipinski definition) is 2. The van der Waals surface area contributed by atoms with Gasteiger partial charge in [0, 0.05) is 19.1 Å². The van der Waals surface area contributed by atoms with Crippen LogP contribution in [0.1, 0.15) is 25.8 Å². The van der Waals surface area contributed by atoms with Crippen molar-refractivity contribution in [2.24, 2.45) is 0 Å². The molecular formula is C11H18Cl2N2S. The van der Waals surface area contributed by atoms with E-state index in [0.29, 0.717) is 6.04 Å². The average molecular weight is 281 g/mol. The molecule has 0 bridgehead atoms. The zero-order valence-corrected chi connectivity index (χ0v) is 12.0. The van der Waals surface area contributed by atoms with Crippen molar-refractivity contribution in [3.05, 3.63) is 20.3 Å². The van der Waals surface area contributed by atoms with Crippen LogP contribution in [0.25, 0.3) is 0 Å². The summed E-state index contributed by atoms with van der Waals surface area (Å²) in [7, 11) is 0. The van der Waals surface area contributed by atoms with Crippen LogP contribution in [0.4, 0.5) is 0 Å². The molecule has 0 saturated heterocycles. The summed E-state index contributed by atoms with van der Waals surface area (Å²) in [6.07, 6.45) is 1.17. The summed E-state index contributed by atoms with van der Waals surface area (Å²) in [5, 5.41) is 6.79. The number of thiophene rings is 1. The smallest absolute Gasteiger partial charge is 0.0989 e. The van der Waals surface area contributed by atoms with Crippen LogP contribution in [-0.4, -0.2) is 19.1 Å². The summed E-state index contributed by atoms with van der Waals surface area (Å²) in [6.45, 7) is 7.14. The van der Waals surface area contributed by atoms with Crippen molar-refractivity contribution in [1.82, 2.24) is 10.6 Å². The van der Waals surface area contributed by atoms with Gasteiger partial charge in [0.15, 0.2) is 0 Å². The van der Waals surface area contributed by atoms with E-state index in [1.54, 1.807) is 0 Å².